The average Bonchev–Trinajstić information content (AvgIpc) is 3.27. The van der Waals surface area contributed by atoms with E-state index >= 15 is 0 Å². The standard InChI is InChI=1S/C20H18N4O8S/c1-30-12-4-5-16(31-2)13(7-12)14-10-33-20(21-14)22-17(25)9-23-8-11(19(27)32-3)6-15(18(23)26)24(28)29/h4-8,10H,9H2,1-3H3,(H,21,22,25). The summed E-state index contributed by atoms with van der Waals surface area (Å²) in [5.41, 5.74) is -0.966. The van der Waals surface area contributed by atoms with Crippen molar-refractivity contribution in [2.45, 2.75) is 6.54 Å². The van der Waals surface area contributed by atoms with Crippen LogP contribution in [0.3, 0.4) is 0 Å². The zero-order valence-electron chi connectivity index (χ0n) is 17.7. The monoisotopic (exact) mass is 474 g/mol. The van der Waals surface area contributed by atoms with Crippen LogP contribution in [0.5, 0.6) is 11.5 Å². The molecule has 0 saturated carbocycles. The van der Waals surface area contributed by atoms with Gasteiger partial charge in [0.1, 0.15) is 18.0 Å². The SMILES string of the molecule is COC(=O)c1cc([N+](=O)[O-])c(=O)n(CC(=O)Nc2nc(-c3cc(OC)ccc3OC)cs2)c1. The molecule has 12 nitrogen and oxygen atoms in total. The number of amides is 1. The van der Waals surface area contributed by atoms with Gasteiger partial charge in [-0.1, -0.05) is 0 Å². The number of ether oxygens (including phenoxy) is 3. The number of nitrogens with zero attached hydrogens (tertiary/aromatic N) is 3. The van der Waals surface area contributed by atoms with Crippen LogP contribution in [-0.2, 0) is 16.1 Å². The van der Waals surface area contributed by atoms with E-state index in [4.69, 9.17) is 9.47 Å². The third kappa shape index (κ3) is 5.15. The number of carbonyl (C=O) groups is 2. The Labute approximate surface area is 190 Å². The van der Waals surface area contributed by atoms with Crippen LogP contribution in [0, 0.1) is 10.1 Å². The largest absolute Gasteiger partial charge is 0.497 e. The van der Waals surface area contributed by atoms with Crippen molar-refractivity contribution >= 4 is 34.0 Å². The fraction of sp³-hybridized carbons (Fsp3) is 0.200. The number of hydrogen-bond donors (Lipinski definition) is 1. The Kier molecular flexibility index (Phi) is 7.03. The molecule has 0 unspecified atom stereocenters. The van der Waals surface area contributed by atoms with E-state index in [0.29, 0.717) is 22.8 Å². The molecule has 0 saturated heterocycles. The van der Waals surface area contributed by atoms with Crippen LogP contribution in [0.15, 0.2) is 40.6 Å². The number of thiazole rings is 1. The minimum absolute atomic E-state index is 0.228. The second kappa shape index (κ2) is 9.91. The number of nitrogens with one attached hydrogen (secondary N) is 1. The second-order valence-electron chi connectivity index (χ2n) is 6.45. The fourth-order valence-electron chi connectivity index (χ4n) is 2.88. The van der Waals surface area contributed by atoms with E-state index in [1.165, 1.54) is 14.2 Å². The van der Waals surface area contributed by atoms with Crippen molar-refractivity contribution in [1.82, 2.24) is 9.55 Å². The van der Waals surface area contributed by atoms with Crippen LogP contribution < -0.4 is 20.3 Å². The maximum absolute atomic E-state index is 12.5. The maximum Gasteiger partial charge on any atom is 0.339 e. The molecule has 2 heterocycles. The van der Waals surface area contributed by atoms with E-state index in [2.05, 4.69) is 15.0 Å². The first-order chi connectivity index (χ1) is 15.8. The summed E-state index contributed by atoms with van der Waals surface area (Å²) < 4.78 is 15.9. The molecule has 13 heteroatoms. The van der Waals surface area contributed by atoms with Gasteiger partial charge in [0.25, 0.3) is 0 Å². The summed E-state index contributed by atoms with van der Waals surface area (Å²) in [4.78, 5) is 51.2. The summed E-state index contributed by atoms with van der Waals surface area (Å²) in [6.07, 6.45) is 1.02. The molecule has 0 fully saturated rings. The molecule has 1 amide bonds. The lowest BCUT2D eigenvalue weighted by Crippen LogP contribution is -2.29. The third-order valence-corrected chi connectivity index (χ3v) is 5.19. The highest BCUT2D eigenvalue weighted by atomic mass is 32.1. The molecule has 1 aromatic carbocycles. The molecule has 3 aromatic rings. The Bertz CT molecular complexity index is 1280. The minimum Gasteiger partial charge on any atom is -0.497 e. The number of aromatic nitrogens is 2. The molecule has 2 aromatic heterocycles. The quantitative estimate of drug-likeness (QED) is 0.294. The predicted octanol–water partition coefficient (Wildman–Crippen LogP) is 2.32. The topological polar surface area (TPSA) is 152 Å². The first-order valence-electron chi connectivity index (χ1n) is 9.22. The number of esters is 1. The molecule has 0 aliphatic carbocycles. The molecule has 172 valence electrons. The van der Waals surface area contributed by atoms with E-state index in [0.717, 1.165) is 35.3 Å². The van der Waals surface area contributed by atoms with Crippen LogP contribution in [0.25, 0.3) is 11.3 Å². The van der Waals surface area contributed by atoms with Gasteiger partial charge in [-0.3, -0.25) is 24.3 Å². The number of carbonyl (C=O) groups excluding carboxylic acids is 2. The fourth-order valence-corrected chi connectivity index (χ4v) is 3.61. The van der Waals surface area contributed by atoms with Crippen LogP contribution in [0.4, 0.5) is 10.8 Å². The van der Waals surface area contributed by atoms with E-state index in [-0.39, 0.29) is 10.7 Å². The van der Waals surface area contributed by atoms with Gasteiger partial charge in [-0.15, -0.1) is 11.3 Å². The zero-order chi connectivity index (χ0) is 24.1. The lowest BCUT2D eigenvalue weighted by Gasteiger charge is -2.09. The number of hydrogen-bond acceptors (Lipinski definition) is 10. The summed E-state index contributed by atoms with van der Waals surface area (Å²) in [6.45, 7) is -0.581. The maximum atomic E-state index is 12.5. The Balaban J connectivity index is 1.84. The van der Waals surface area contributed by atoms with Gasteiger partial charge in [-0.05, 0) is 18.2 Å². The molecule has 0 atom stereocenters. The van der Waals surface area contributed by atoms with Crippen LogP contribution in [0.2, 0.25) is 0 Å². The minimum atomic E-state index is -1.04. The van der Waals surface area contributed by atoms with Gasteiger partial charge in [0.15, 0.2) is 5.13 Å². The van der Waals surface area contributed by atoms with Gasteiger partial charge in [-0.25, -0.2) is 9.78 Å². The van der Waals surface area contributed by atoms with E-state index in [1.54, 1.807) is 23.6 Å². The number of methoxy groups -OCH3 is 3. The number of nitro groups is 1. The predicted molar refractivity (Wildman–Crippen MR) is 118 cm³/mol. The number of rotatable bonds is 8. The van der Waals surface area contributed by atoms with Crippen molar-refractivity contribution in [3.63, 3.8) is 0 Å². The van der Waals surface area contributed by atoms with Crippen molar-refractivity contribution in [1.29, 1.82) is 0 Å². The molecule has 0 spiro atoms. The van der Waals surface area contributed by atoms with Gasteiger partial charge >= 0.3 is 17.2 Å². The van der Waals surface area contributed by atoms with Crippen molar-refractivity contribution in [3.05, 3.63) is 61.9 Å². The highest BCUT2D eigenvalue weighted by molar-refractivity contribution is 7.14. The Morgan fingerprint density at radius 1 is 1.21 bits per heavy atom. The van der Waals surface area contributed by atoms with Gasteiger partial charge in [0.05, 0.1) is 37.5 Å². The molecular weight excluding hydrogens is 456 g/mol. The van der Waals surface area contributed by atoms with Gasteiger partial charge in [0.2, 0.25) is 5.91 Å². The van der Waals surface area contributed by atoms with Crippen LogP contribution >= 0.6 is 11.3 Å². The molecule has 3 rings (SSSR count). The Hall–Kier alpha value is -4.26. The second-order valence-corrected chi connectivity index (χ2v) is 7.31. The molecule has 1 N–H and O–H groups in total. The smallest absolute Gasteiger partial charge is 0.339 e. The summed E-state index contributed by atoms with van der Waals surface area (Å²) in [6, 6.07) is 5.99. The Morgan fingerprint density at radius 2 is 1.97 bits per heavy atom. The normalized spacial score (nSPS) is 10.4. The van der Waals surface area contributed by atoms with Crippen LogP contribution in [-0.4, -0.2) is 47.7 Å². The summed E-state index contributed by atoms with van der Waals surface area (Å²) in [5, 5.41) is 15.6. The van der Waals surface area contributed by atoms with Gasteiger partial charge in [-0.2, -0.15) is 0 Å². The van der Waals surface area contributed by atoms with Crippen LogP contribution in [0.1, 0.15) is 10.4 Å². The summed E-state index contributed by atoms with van der Waals surface area (Å²) in [7, 11) is 4.13. The lowest BCUT2D eigenvalue weighted by molar-refractivity contribution is -0.386. The first kappa shape index (κ1) is 23.4. The zero-order valence-corrected chi connectivity index (χ0v) is 18.5. The average molecular weight is 474 g/mol. The van der Waals surface area contributed by atoms with Gasteiger partial charge < -0.3 is 19.5 Å². The number of benzene rings is 1. The van der Waals surface area contributed by atoms with Crippen molar-refractivity contribution in [2.75, 3.05) is 26.6 Å². The van der Waals surface area contributed by atoms with Crippen molar-refractivity contribution < 1.29 is 28.7 Å². The first-order valence-corrected chi connectivity index (χ1v) is 10.1. The molecule has 0 aliphatic rings. The van der Waals surface area contributed by atoms with Crippen molar-refractivity contribution in [2.24, 2.45) is 0 Å². The Morgan fingerprint density at radius 3 is 2.61 bits per heavy atom. The van der Waals surface area contributed by atoms with Crippen molar-refractivity contribution in [3.8, 4) is 22.8 Å². The molecular formula is C20H18N4O8S. The highest BCUT2D eigenvalue weighted by Crippen LogP contribution is 2.35. The van der Waals surface area contributed by atoms with Gasteiger partial charge in [0, 0.05) is 23.2 Å². The third-order valence-electron chi connectivity index (χ3n) is 4.43. The summed E-state index contributed by atoms with van der Waals surface area (Å²) >= 11 is 1.13. The summed E-state index contributed by atoms with van der Waals surface area (Å²) in [5.74, 6) is -0.413. The number of anilines is 1. The lowest BCUT2D eigenvalue weighted by atomic mass is 10.1. The van der Waals surface area contributed by atoms with E-state index in [9.17, 15) is 24.5 Å². The van der Waals surface area contributed by atoms with E-state index in [1.807, 2.05) is 0 Å². The highest BCUT2D eigenvalue weighted by Gasteiger charge is 2.21. The molecule has 0 bridgehead atoms. The molecule has 33 heavy (non-hydrogen) atoms. The van der Waals surface area contributed by atoms with E-state index < -0.39 is 34.6 Å². The molecule has 0 aliphatic heterocycles. The molecule has 0 radical (unpaired) electrons. The number of pyridine rings is 1.